The Morgan fingerprint density at radius 1 is 1.20 bits per heavy atom. The average Bonchev–Trinajstić information content (AvgIpc) is 2.39. The lowest BCUT2D eigenvalue weighted by Crippen LogP contribution is -2.51. The molecule has 0 aromatic carbocycles. The highest BCUT2D eigenvalue weighted by molar-refractivity contribution is 5.89. The van der Waals surface area contributed by atoms with E-state index in [1.54, 1.807) is 20.8 Å². The summed E-state index contributed by atoms with van der Waals surface area (Å²) in [5.41, 5.74) is 5.63. The second kappa shape index (κ2) is 8.52. The lowest BCUT2D eigenvalue weighted by molar-refractivity contribution is -0.143. The van der Waals surface area contributed by atoms with Gasteiger partial charge in [-0.15, -0.1) is 0 Å². The second-order valence-electron chi connectivity index (χ2n) is 5.26. The molecule has 0 bridgehead atoms. The van der Waals surface area contributed by atoms with Crippen LogP contribution in [0.3, 0.4) is 0 Å². The first kappa shape index (κ1) is 18.4. The molecule has 20 heavy (non-hydrogen) atoms. The van der Waals surface area contributed by atoms with E-state index in [2.05, 4.69) is 10.6 Å². The fraction of sp³-hybridized carbons (Fsp3) is 0.769. The Labute approximate surface area is 119 Å². The molecular weight excluding hydrogens is 262 g/mol. The fourth-order valence-electron chi connectivity index (χ4n) is 1.50. The van der Waals surface area contributed by atoms with E-state index in [0.29, 0.717) is 6.42 Å². The molecule has 0 aliphatic carbocycles. The standard InChI is InChI=1S/C13H25N3O4/c1-5-8(4)11(13(19)20)16-9(17)6-15-12(18)10(14)7(2)3/h7-8,10-11H,5-6,14H2,1-4H3,(H,15,18)(H,16,17)(H,19,20)/t8?,10-,11?/m0/s1. The van der Waals surface area contributed by atoms with Crippen molar-refractivity contribution < 1.29 is 19.5 Å². The number of carbonyl (C=O) groups is 3. The molecule has 0 fully saturated rings. The molecule has 0 saturated heterocycles. The van der Waals surface area contributed by atoms with Crippen molar-refractivity contribution in [2.24, 2.45) is 17.6 Å². The Kier molecular flexibility index (Phi) is 7.83. The predicted octanol–water partition coefficient (Wildman–Crippen LogP) is -0.299. The van der Waals surface area contributed by atoms with Crippen LogP contribution in [0.25, 0.3) is 0 Å². The topological polar surface area (TPSA) is 122 Å². The molecular formula is C13H25N3O4. The first-order valence-electron chi connectivity index (χ1n) is 6.76. The monoisotopic (exact) mass is 287 g/mol. The van der Waals surface area contributed by atoms with Gasteiger partial charge in [-0.3, -0.25) is 9.59 Å². The molecule has 0 heterocycles. The van der Waals surface area contributed by atoms with Crippen LogP contribution in [-0.4, -0.2) is 41.5 Å². The van der Waals surface area contributed by atoms with Crippen LogP contribution in [0.4, 0.5) is 0 Å². The van der Waals surface area contributed by atoms with Gasteiger partial charge in [0.2, 0.25) is 11.8 Å². The van der Waals surface area contributed by atoms with Gasteiger partial charge < -0.3 is 21.5 Å². The lowest BCUT2D eigenvalue weighted by Gasteiger charge is -2.20. The van der Waals surface area contributed by atoms with Crippen LogP contribution < -0.4 is 16.4 Å². The van der Waals surface area contributed by atoms with Gasteiger partial charge in [-0.1, -0.05) is 34.1 Å². The van der Waals surface area contributed by atoms with Gasteiger partial charge in [0.1, 0.15) is 6.04 Å². The zero-order chi connectivity index (χ0) is 15.9. The highest BCUT2D eigenvalue weighted by atomic mass is 16.4. The molecule has 3 atom stereocenters. The summed E-state index contributed by atoms with van der Waals surface area (Å²) < 4.78 is 0. The summed E-state index contributed by atoms with van der Waals surface area (Å²) in [6.45, 7) is 6.91. The molecule has 0 aromatic heterocycles. The van der Waals surface area contributed by atoms with Crippen molar-refractivity contribution in [1.82, 2.24) is 10.6 Å². The zero-order valence-electron chi connectivity index (χ0n) is 12.5. The van der Waals surface area contributed by atoms with E-state index >= 15 is 0 Å². The van der Waals surface area contributed by atoms with Crippen LogP contribution in [0, 0.1) is 11.8 Å². The third-order valence-electron chi connectivity index (χ3n) is 3.24. The number of aliphatic carboxylic acids is 1. The molecule has 0 rings (SSSR count). The normalized spacial score (nSPS) is 15.3. The Hall–Kier alpha value is -1.63. The largest absolute Gasteiger partial charge is 0.480 e. The molecule has 0 aliphatic rings. The van der Waals surface area contributed by atoms with Gasteiger partial charge in [0.15, 0.2) is 0 Å². The second-order valence-corrected chi connectivity index (χ2v) is 5.26. The number of rotatable bonds is 8. The summed E-state index contributed by atoms with van der Waals surface area (Å²) in [6, 6.07) is -1.64. The first-order valence-corrected chi connectivity index (χ1v) is 6.76. The molecule has 2 amide bonds. The highest BCUT2D eigenvalue weighted by Gasteiger charge is 2.25. The summed E-state index contributed by atoms with van der Waals surface area (Å²) in [5, 5.41) is 13.8. The van der Waals surface area contributed by atoms with Crippen LogP contribution in [0.5, 0.6) is 0 Å². The summed E-state index contributed by atoms with van der Waals surface area (Å²) in [4.78, 5) is 34.3. The fourth-order valence-corrected chi connectivity index (χ4v) is 1.50. The van der Waals surface area contributed by atoms with E-state index in [4.69, 9.17) is 10.8 Å². The number of hydrogen-bond donors (Lipinski definition) is 4. The summed E-state index contributed by atoms with van der Waals surface area (Å²) in [6.07, 6.45) is 0.627. The molecule has 0 aromatic rings. The Morgan fingerprint density at radius 3 is 2.15 bits per heavy atom. The van der Waals surface area contributed by atoms with Crippen LogP contribution in [0.15, 0.2) is 0 Å². The SMILES string of the molecule is CCC(C)C(NC(=O)CNC(=O)[C@@H](N)C(C)C)C(=O)O. The minimum atomic E-state index is -1.09. The minimum absolute atomic E-state index is 0.0371. The maximum atomic E-state index is 11.6. The number of hydrogen-bond acceptors (Lipinski definition) is 4. The summed E-state index contributed by atoms with van der Waals surface area (Å²) in [7, 11) is 0. The first-order chi connectivity index (χ1) is 9.20. The van der Waals surface area contributed by atoms with Crippen molar-refractivity contribution in [3.05, 3.63) is 0 Å². The van der Waals surface area contributed by atoms with Gasteiger partial charge in [-0.2, -0.15) is 0 Å². The van der Waals surface area contributed by atoms with Crippen LogP contribution in [0.2, 0.25) is 0 Å². The number of carbonyl (C=O) groups excluding carboxylic acids is 2. The third-order valence-corrected chi connectivity index (χ3v) is 3.24. The number of nitrogens with two attached hydrogens (primary N) is 1. The molecule has 0 aliphatic heterocycles. The van der Waals surface area contributed by atoms with E-state index in [1.165, 1.54) is 0 Å². The van der Waals surface area contributed by atoms with Gasteiger partial charge in [-0.25, -0.2) is 4.79 Å². The van der Waals surface area contributed by atoms with E-state index < -0.39 is 29.9 Å². The lowest BCUT2D eigenvalue weighted by atomic mass is 9.99. The number of carboxylic acid groups (broad SMARTS) is 1. The van der Waals surface area contributed by atoms with Crippen molar-refractivity contribution in [3.8, 4) is 0 Å². The summed E-state index contributed by atoms with van der Waals surface area (Å²) in [5.74, 6) is -2.28. The molecule has 116 valence electrons. The van der Waals surface area contributed by atoms with E-state index in [9.17, 15) is 14.4 Å². The summed E-state index contributed by atoms with van der Waals surface area (Å²) >= 11 is 0. The van der Waals surface area contributed by atoms with Gasteiger partial charge >= 0.3 is 5.97 Å². The van der Waals surface area contributed by atoms with Crippen molar-refractivity contribution in [2.45, 2.75) is 46.2 Å². The molecule has 5 N–H and O–H groups in total. The molecule has 7 heteroatoms. The molecule has 0 saturated carbocycles. The number of amides is 2. The maximum Gasteiger partial charge on any atom is 0.326 e. The van der Waals surface area contributed by atoms with E-state index in [0.717, 1.165) is 0 Å². The van der Waals surface area contributed by atoms with E-state index in [1.807, 2.05) is 6.92 Å². The van der Waals surface area contributed by atoms with Gasteiger partial charge in [0.25, 0.3) is 0 Å². The average molecular weight is 287 g/mol. The molecule has 0 radical (unpaired) electrons. The Morgan fingerprint density at radius 2 is 1.75 bits per heavy atom. The van der Waals surface area contributed by atoms with Gasteiger partial charge in [-0.05, 0) is 11.8 Å². The number of carboxylic acids is 1. The van der Waals surface area contributed by atoms with E-state index in [-0.39, 0.29) is 18.4 Å². The molecule has 2 unspecified atom stereocenters. The van der Waals surface area contributed by atoms with Gasteiger partial charge in [0, 0.05) is 0 Å². The third kappa shape index (κ3) is 6.01. The van der Waals surface area contributed by atoms with Crippen molar-refractivity contribution in [2.75, 3.05) is 6.54 Å². The number of nitrogens with one attached hydrogen (secondary N) is 2. The molecule has 7 nitrogen and oxygen atoms in total. The highest BCUT2D eigenvalue weighted by Crippen LogP contribution is 2.07. The van der Waals surface area contributed by atoms with Crippen LogP contribution in [0.1, 0.15) is 34.1 Å². The smallest absolute Gasteiger partial charge is 0.326 e. The zero-order valence-corrected chi connectivity index (χ0v) is 12.5. The van der Waals surface area contributed by atoms with Crippen LogP contribution >= 0.6 is 0 Å². The van der Waals surface area contributed by atoms with Gasteiger partial charge in [0.05, 0.1) is 12.6 Å². The maximum absolute atomic E-state index is 11.6. The quantitative estimate of drug-likeness (QED) is 0.488. The Bertz CT molecular complexity index is 358. The van der Waals surface area contributed by atoms with Crippen LogP contribution in [-0.2, 0) is 14.4 Å². The Balaban J connectivity index is 4.35. The van der Waals surface area contributed by atoms with Crippen molar-refractivity contribution >= 4 is 17.8 Å². The van der Waals surface area contributed by atoms with Crippen molar-refractivity contribution in [3.63, 3.8) is 0 Å². The van der Waals surface area contributed by atoms with Crippen molar-refractivity contribution in [1.29, 1.82) is 0 Å². The predicted molar refractivity (Wildman–Crippen MR) is 74.8 cm³/mol. The molecule has 0 spiro atoms. The minimum Gasteiger partial charge on any atom is -0.480 e.